The van der Waals surface area contributed by atoms with Crippen molar-refractivity contribution in [1.82, 2.24) is 9.55 Å². The third-order valence-electron chi connectivity index (χ3n) is 2.79. The molecule has 1 aromatic heterocycles. The second-order valence-electron chi connectivity index (χ2n) is 4.16. The van der Waals surface area contributed by atoms with Crippen LogP contribution in [0, 0.1) is 6.92 Å². The second-order valence-corrected chi connectivity index (χ2v) is 6.09. The van der Waals surface area contributed by atoms with Gasteiger partial charge in [-0.2, -0.15) is 11.8 Å². The topological polar surface area (TPSA) is 55.1 Å². The Balaban J connectivity index is 2.41. The number of fused-ring (bicyclic) bond motifs is 1. The van der Waals surface area contributed by atoms with Crippen molar-refractivity contribution in [2.24, 2.45) is 0 Å². The summed E-state index contributed by atoms with van der Waals surface area (Å²) in [4.78, 5) is 15.3. The average Bonchev–Trinajstić information content (AvgIpc) is 2.73. The molecule has 0 aliphatic rings. The van der Waals surface area contributed by atoms with Gasteiger partial charge < -0.3 is 9.67 Å². The minimum absolute atomic E-state index is 0.0433. The maximum absolute atomic E-state index is 10.7. The lowest BCUT2D eigenvalue weighted by Gasteiger charge is -2.07. The first-order chi connectivity index (χ1) is 9.13. The quantitative estimate of drug-likeness (QED) is 0.831. The Morgan fingerprint density at radius 1 is 1.47 bits per heavy atom. The molecule has 4 nitrogen and oxygen atoms in total. The van der Waals surface area contributed by atoms with Crippen LogP contribution in [0.5, 0.6) is 0 Å². The van der Waals surface area contributed by atoms with Gasteiger partial charge in [0.2, 0.25) is 0 Å². The van der Waals surface area contributed by atoms with Crippen molar-refractivity contribution in [3.8, 4) is 0 Å². The highest BCUT2D eigenvalue weighted by Crippen LogP contribution is 2.26. The first-order valence-corrected chi connectivity index (χ1v) is 8.31. The number of carbonyl (C=O) groups is 1. The zero-order valence-electron chi connectivity index (χ0n) is 10.9. The number of imidazole rings is 1. The van der Waals surface area contributed by atoms with Crippen LogP contribution in [0.25, 0.3) is 11.0 Å². The summed E-state index contributed by atoms with van der Waals surface area (Å²) in [6, 6.07) is 6.08. The molecule has 0 radical (unpaired) electrons. The molecule has 0 saturated carbocycles. The van der Waals surface area contributed by atoms with E-state index >= 15 is 0 Å². The van der Waals surface area contributed by atoms with Crippen LogP contribution in [-0.4, -0.2) is 38.4 Å². The molecule has 2 rings (SSSR count). The van der Waals surface area contributed by atoms with Crippen molar-refractivity contribution in [1.29, 1.82) is 0 Å². The summed E-state index contributed by atoms with van der Waals surface area (Å²) in [6.07, 6.45) is 2.06. The fourth-order valence-corrected chi connectivity index (χ4v) is 3.02. The zero-order chi connectivity index (χ0) is 13.8. The third-order valence-corrected chi connectivity index (χ3v) is 4.34. The lowest BCUT2D eigenvalue weighted by molar-refractivity contribution is -0.133. The van der Waals surface area contributed by atoms with E-state index in [-0.39, 0.29) is 5.75 Å². The molecule has 2 aromatic rings. The number of nitrogens with zero attached hydrogens (tertiary/aromatic N) is 2. The predicted octanol–water partition coefficient (Wildman–Crippen LogP) is 2.88. The number of aryl methyl sites for hydroxylation is 2. The van der Waals surface area contributed by atoms with E-state index < -0.39 is 5.97 Å². The monoisotopic (exact) mass is 296 g/mol. The van der Waals surface area contributed by atoms with Crippen LogP contribution in [-0.2, 0) is 11.3 Å². The lowest BCUT2D eigenvalue weighted by Crippen LogP contribution is -2.04. The van der Waals surface area contributed by atoms with E-state index in [1.165, 1.54) is 11.8 Å². The first-order valence-electron chi connectivity index (χ1n) is 5.93. The van der Waals surface area contributed by atoms with Crippen molar-refractivity contribution in [3.63, 3.8) is 0 Å². The van der Waals surface area contributed by atoms with Crippen LogP contribution < -0.4 is 0 Å². The molecule has 0 bridgehead atoms. The smallest absolute Gasteiger partial charge is 0.313 e. The highest BCUT2D eigenvalue weighted by Gasteiger charge is 2.13. The van der Waals surface area contributed by atoms with Crippen LogP contribution in [0.2, 0.25) is 0 Å². The van der Waals surface area contributed by atoms with Crippen molar-refractivity contribution in [3.05, 3.63) is 23.8 Å². The Morgan fingerprint density at radius 2 is 2.26 bits per heavy atom. The van der Waals surface area contributed by atoms with E-state index in [2.05, 4.69) is 15.8 Å². The molecule has 1 aromatic carbocycles. The van der Waals surface area contributed by atoms with E-state index in [0.717, 1.165) is 34.1 Å². The number of aliphatic carboxylic acids is 1. The van der Waals surface area contributed by atoms with Crippen molar-refractivity contribution < 1.29 is 9.90 Å². The third kappa shape index (κ3) is 3.25. The second kappa shape index (κ2) is 6.34. The van der Waals surface area contributed by atoms with Gasteiger partial charge in [-0.1, -0.05) is 23.9 Å². The number of aromatic nitrogens is 2. The summed E-state index contributed by atoms with van der Waals surface area (Å²) in [5.41, 5.74) is 3.18. The summed E-state index contributed by atoms with van der Waals surface area (Å²) >= 11 is 3.05. The lowest BCUT2D eigenvalue weighted by atomic mass is 10.2. The summed E-state index contributed by atoms with van der Waals surface area (Å²) in [6.45, 7) is 2.88. The Kier molecular flexibility index (Phi) is 4.76. The Labute approximate surface area is 120 Å². The van der Waals surface area contributed by atoms with Gasteiger partial charge in [0.1, 0.15) is 0 Å². The number of benzene rings is 1. The number of para-hydroxylation sites is 1. The molecule has 0 amide bonds. The molecule has 0 spiro atoms. The molecular weight excluding hydrogens is 280 g/mol. The maximum atomic E-state index is 10.7. The molecule has 1 N–H and O–H groups in total. The van der Waals surface area contributed by atoms with Gasteiger partial charge in [-0.25, -0.2) is 4.98 Å². The number of carboxylic acid groups (broad SMARTS) is 1. The van der Waals surface area contributed by atoms with E-state index in [1.807, 2.05) is 25.1 Å². The number of rotatable bonds is 6. The van der Waals surface area contributed by atoms with Crippen LogP contribution in [0.4, 0.5) is 0 Å². The highest BCUT2D eigenvalue weighted by atomic mass is 32.2. The van der Waals surface area contributed by atoms with Crippen LogP contribution in [0.15, 0.2) is 23.4 Å². The molecule has 6 heteroatoms. The minimum atomic E-state index is -0.815. The standard InChI is InChI=1S/C13H16N2O2S2/c1-9-4-3-5-10-12(9)14-13(19-8-11(16)17)15(10)6-7-18-2/h3-5H,6-8H2,1-2H3,(H,16,17). The molecule has 0 aliphatic carbocycles. The van der Waals surface area contributed by atoms with Crippen LogP contribution in [0.1, 0.15) is 5.56 Å². The molecule has 0 unspecified atom stereocenters. The maximum Gasteiger partial charge on any atom is 0.313 e. The predicted molar refractivity (Wildman–Crippen MR) is 81.2 cm³/mol. The number of hydrogen-bond donors (Lipinski definition) is 1. The molecule has 102 valence electrons. The van der Waals surface area contributed by atoms with Gasteiger partial charge >= 0.3 is 5.97 Å². The van der Waals surface area contributed by atoms with Gasteiger partial charge in [0.15, 0.2) is 5.16 Å². The molecule has 0 atom stereocenters. The fraction of sp³-hybridized carbons (Fsp3) is 0.385. The van der Waals surface area contributed by atoms with Gasteiger partial charge in [0, 0.05) is 12.3 Å². The van der Waals surface area contributed by atoms with Crippen LogP contribution >= 0.6 is 23.5 Å². The number of thioether (sulfide) groups is 2. The van der Waals surface area contributed by atoms with Crippen molar-refractivity contribution in [2.45, 2.75) is 18.6 Å². The van der Waals surface area contributed by atoms with Gasteiger partial charge in [0.05, 0.1) is 16.8 Å². The SMILES string of the molecule is CSCCn1c(SCC(=O)O)nc2c(C)cccc21. The Hall–Kier alpha value is -1.14. The summed E-state index contributed by atoms with van der Waals surface area (Å²) in [5, 5.41) is 9.60. The largest absolute Gasteiger partial charge is 0.481 e. The van der Waals surface area contributed by atoms with Crippen molar-refractivity contribution in [2.75, 3.05) is 17.8 Å². The normalized spacial score (nSPS) is 11.1. The van der Waals surface area contributed by atoms with E-state index in [1.54, 1.807) is 11.8 Å². The Morgan fingerprint density at radius 3 is 2.95 bits per heavy atom. The number of carboxylic acids is 1. The summed E-state index contributed by atoms with van der Waals surface area (Å²) in [5.74, 6) is 0.215. The van der Waals surface area contributed by atoms with E-state index in [9.17, 15) is 4.79 Å². The Bertz CT molecular complexity index is 596. The minimum Gasteiger partial charge on any atom is -0.481 e. The molecule has 0 aliphatic heterocycles. The fourth-order valence-electron chi connectivity index (χ4n) is 1.90. The van der Waals surface area contributed by atoms with Gasteiger partial charge in [-0.05, 0) is 24.8 Å². The van der Waals surface area contributed by atoms with Gasteiger partial charge in [-0.15, -0.1) is 0 Å². The molecule has 1 heterocycles. The van der Waals surface area contributed by atoms with E-state index in [0.29, 0.717) is 0 Å². The zero-order valence-corrected chi connectivity index (χ0v) is 12.6. The average molecular weight is 296 g/mol. The van der Waals surface area contributed by atoms with Crippen LogP contribution in [0.3, 0.4) is 0 Å². The van der Waals surface area contributed by atoms with Gasteiger partial charge in [0.25, 0.3) is 0 Å². The summed E-state index contributed by atoms with van der Waals surface area (Å²) < 4.78 is 2.12. The van der Waals surface area contributed by atoms with Crippen molar-refractivity contribution >= 4 is 40.5 Å². The molecular formula is C13H16N2O2S2. The molecule has 0 saturated heterocycles. The molecule has 19 heavy (non-hydrogen) atoms. The first kappa shape index (κ1) is 14.3. The molecule has 0 fully saturated rings. The number of hydrogen-bond acceptors (Lipinski definition) is 4. The highest BCUT2D eigenvalue weighted by molar-refractivity contribution is 7.99. The summed E-state index contributed by atoms with van der Waals surface area (Å²) in [7, 11) is 0. The van der Waals surface area contributed by atoms with Gasteiger partial charge in [-0.3, -0.25) is 4.79 Å². The van der Waals surface area contributed by atoms with E-state index in [4.69, 9.17) is 5.11 Å².